The number of nitrogens with two attached hydrogens (primary N) is 2. The van der Waals surface area contributed by atoms with Gasteiger partial charge in [-0.3, -0.25) is 9.11 Å². The summed E-state index contributed by atoms with van der Waals surface area (Å²) < 4.78 is 36.8. The molecule has 0 radical (unpaired) electrons. The molecule has 0 fully saturated rings. The standard InChI is InChI=1S/C8H12N2O.H2O4S.H2O/c1-2-11-8-4-3-6(9)5-7(8)10;1-5(2,3)4;/h3-5H,2,9-10H2,1H3;(H2,1,2,3,4);1H2. The zero-order valence-electron chi connectivity index (χ0n) is 9.12. The first-order chi connectivity index (χ1) is 7.24. The van der Waals surface area contributed by atoms with Gasteiger partial charge in [-0.1, -0.05) is 0 Å². The maximum atomic E-state index is 8.74. The second kappa shape index (κ2) is 7.68. The fourth-order valence-corrected chi connectivity index (χ4v) is 0.854. The molecule has 1 aromatic carbocycles. The van der Waals surface area contributed by atoms with Gasteiger partial charge in [0.25, 0.3) is 0 Å². The minimum atomic E-state index is -4.67. The lowest BCUT2D eigenvalue weighted by Crippen LogP contribution is -1.97. The largest absolute Gasteiger partial charge is 0.492 e. The molecule has 0 aliphatic carbocycles. The first kappa shape index (κ1) is 17.8. The van der Waals surface area contributed by atoms with E-state index < -0.39 is 10.4 Å². The molecule has 0 spiro atoms. The Labute approximate surface area is 99.1 Å². The van der Waals surface area contributed by atoms with Crippen molar-refractivity contribution >= 4 is 21.8 Å². The second-order valence-corrected chi connectivity index (χ2v) is 3.57. The van der Waals surface area contributed by atoms with E-state index in [1.54, 1.807) is 18.2 Å². The van der Waals surface area contributed by atoms with Crippen molar-refractivity contribution in [2.75, 3.05) is 18.1 Å². The lowest BCUT2D eigenvalue weighted by atomic mass is 10.2. The van der Waals surface area contributed by atoms with Gasteiger partial charge >= 0.3 is 10.4 Å². The number of ether oxygens (including phenoxy) is 1. The lowest BCUT2D eigenvalue weighted by molar-refractivity contribution is 0.342. The molecule has 1 rings (SSSR count). The van der Waals surface area contributed by atoms with Crippen LogP contribution in [0.2, 0.25) is 0 Å². The van der Waals surface area contributed by atoms with Crippen molar-refractivity contribution in [2.45, 2.75) is 6.92 Å². The van der Waals surface area contributed by atoms with Gasteiger partial charge in [0, 0.05) is 5.69 Å². The summed E-state index contributed by atoms with van der Waals surface area (Å²) in [5, 5.41) is 0. The summed E-state index contributed by atoms with van der Waals surface area (Å²) in [6.07, 6.45) is 0. The predicted octanol–water partition coefficient (Wildman–Crippen LogP) is -0.228. The van der Waals surface area contributed by atoms with E-state index >= 15 is 0 Å². The monoisotopic (exact) mass is 268 g/mol. The number of benzene rings is 1. The third kappa shape index (κ3) is 10.7. The number of anilines is 2. The lowest BCUT2D eigenvalue weighted by Gasteiger charge is -2.06. The van der Waals surface area contributed by atoms with Crippen LogP contribution >= 0.6 is 0 Å². The molecule has 0 saturated carbocycles. The zero-order valence-corrected chi connectivity index (χ0v) is 9.94. The Balaban J connectivity index is 0. The first-order valence-corrected chi connectivity index (χ1v) is 5.61. The van der Waals surface area contributed by atoms with Crippen LogP contribution in [-0.2, 0) is 10.4 Å². The van der Waals surface area contributed by atoms with E-state index in [9.17, 15) is 0 Å². The number of hydrogen-bond acceptors (Lipinski definition) is 5. The highest BCUT2D eigenvalue weighted by atomic mass is 32.3. The molecular formula is C8H16N2O6S. The molecule has 17 heavy (non-hydrogen) atoms. The Bertz CT molecular complexity index is 426. The third-order valence-electron chi connectivity index (χ3n) is 1.33. The van der Waals surface area contributed by atoms with Crippen molar-refractivity contribution in [3.63, 3.8) is 0 Å². The van der Waals surface area contributed by atoms with E-state index in [0.29, 0.717) is 23.7 Å². The quantitative estimate of drug-likeness (QED) is 0.424. The van der Waals surface area contributed by atoms with Crippen molar-refractivity contribution in [3.8, 4) is 5.75 Å². The summed E-state index contributed by atoms with van der Waals surface area (Å²) >= 11 is 0. The van der Waals surface area contributed by atoms with Gasteiger partial charge in [-0.05, 0) is 25.1 Å². The van der Waals surface area contributed by atoms with Crippen molar-refractivity contribution in [2.24, 2.45) is 0 Å². The van der Waals surface area contributed by atoms with Gasteiger partial charge in [0.1, 0.15) is 5.75 Å². The van der Waals surface area contributed by atoms with Crippen molar-refractivity contribution in [1.29, 1.82) is 0 Å². The topological polar surface area (TPSA) is 167 Å². The average Bonchev–Trinajstić information content (AvgIpc) is 2.07. The van der Waals surface area contributed by atoms with E-state index in [2.05, 4.69) is 0 Å². The molecule has 0 aromatic heterocycles. The minimum Gasteiger partial charge on any atom is -0.492 e. The molecule has 0 unspecified atom stereocenters. The predicted molar refractivity (Wildman–Crippen MR) is 64.2 cm³/mol. The first-order valence-electron chi connectivity index (χ1n) is 4.21. The Morgan fingerprint density at radius 3 is 2.12 bits per heavy atom. The summed E-state index contributed by atoms with van der Waals surface area (Å²) in [6.45, 7) is 2.53. The van der Waals surface area contributed by atoms with Crippen LogP contribution in [0, 0.1) is 0 Å². The molecule has 8 N–H and O–H groups in total. The van der Waals surface area contributed by atoms with Crippen molar-refractivity contribution in [3.05, 3.63) is 18.2 Å². The molecule has 0 aliphatic rings. The van der Waals surface area contributed by atoms with Crippen LogP contribution < -0.4 is 16.2 Å². The molecule has 100 valence electrons. The molecule has 0 amide bonds. The average molecular weight is 268 g/mol. The summed E-state index contributed by atoms with van der Waals surface area (Å²) in [4.78, 5) is 0. The molecule has 8 nitrogen and oxygen atoms in total. The Hall–Kier alpha value is -1.55. The van der Waals surface area contributed by atoms with Gasteiger partial charge in [-0.2, -0.15) is 8.42 Å². The van der Waals surface area contributed by atoms with E-state index in [0.717, 1.165) is 0 Å². The highest BCUT2D eigenvalue weighted by Gasteiger charge is 1.97. The molecule has 9 heteroatoms. The SMILES string of the molecule is CCOc1ccc(N)cc1N.O.O=S(=O)(O)O. The van der Waals surface area contributed by atoms with E-state index in [1.807, 2.05) is 6.92 Å². The van der Waals surface area contributed by atoms with E-state index in [1.165, 1.54) is 0 Å². The fourth-order valence-electron chi connectivity index (χ4n) is 0.854. The third-order valence-corrected chi connectivity index (χ3v) is 1.33. The Morgan fingerprint density at radius 2 is 1.76 bits per heavy atom. The van der Waals surface area contributed by atoms with Crippen molar-refractivity contribution < 1.29 is 27.7 Å². The fraction of sp³-hybridized carbons (Fsp3) is 0.250. The minimum absolute atomic E-state index is 0. The van der Waals surface area contributed by atoms with Gasteiger partial charge in [-0.15, -0.1) is 0 Å². The molecule has 0 atom stereocenters. The van der Waals surface area contributed by atoms with Gasteiger partial charge in [0.2, 0.25) is 0 Å². The van der Waals surface area contributed by atoms with Gasteiger partial charge in [0.05, 0.1) is 12.3 Å². The Morgan fingerprint density at radius 1 is 1.29 bits per heavy atom. The summed E-state index contributed by atoms with van der Waals surface area (Å²) in [6, 6.07) is 5.22. The van der Waals surface area contributed by atoms with Crippen LogP contribution in [0.5, 0.6) is 5.75 Å². The van der Waals surface area contributed by atoms with E-state index in [-0.39, 0.29) is 5.48 Å². The van der Waals surface area contributed by atoms with Crippen LogP contribution in [0.1, 0.15) is 6.92 Å². The van der Waals surface area contributed by atoms with Crippen LogP contribution in [-0.4, -0.2) is 29.6 Å². The van der Waals surface area contributed by atoms with Gasteiger partial charge < -0.3 is 21.7 Å². The second-order valence-electron chi connectivity index (χ2n) is 2.68. The normalized spacial score (nSPS) is 9.59. The summed E-state index contributed by atoms with van der Waals surface area (Å²) in [7, 11) is -4.67. The summed E-state index contributed by atoms with van der Waals surface area (Å²) in [5.41, 5.74) is 12.3. The number of nitrogen functional groups attached to an aromatic ring is 2. The van der Waals surface area contributed by atoms with Crippen LogP contribution in [0.15, 0.2) is 18.2 Å². The zero-order chi connectivity index (χ0) is 12.8. The van der Waals surface area contributed by atoms with Crippen LogP contribution in [0.3, 0.4) is 0 Å². The van der Waals surface area contributed by atoms with Gasteiger partial charge in [0.15, 0.2) is 0 Å². The van der Waals surface area contributed by atoms with Gasteiger partial charge in [-0.25, -0.2) is 0 Å². The smallest absolute Gasteiger partial charge is 0.394 e. The molecule has 0 heterocycles. The van der Waals surface area contributed by atoms with Crippen LogP contribution in [0.25, 0.3) is 0 Å². The molecule has 0 saturated heterocycles. The maximum absolute atomic E-state index is 8.74. The maximum Gasteiger partial charge on any atom is 0.394 e. The number of hydrogen-bond donors (Lipinski definition) is 4. The van der Waals surface area contributed by atoms with Crippen LogP contribution in [0.4, 0.5) is 11.4 Å². The molecular weight excluding hydrogens is 252 g/mol. The Kier molecular flexibility index (Phi) is 8.06. The molecule has 0 bridgehead atoms. The highest BCUT2D eigenvalue weighted by Crippen LogP contribution is 2.22. The number of rotatable bonds is 2. The van der Waals surface area contributed by atoms with E-state index in [4.69, 9.17) is 33.7 Å². The molecule has 0 aliphatic heterocycles. The molecule has 1 aromatic rings. The summed E-state index contributed by atoms with van der Waals surface area (Å²) in [5.74, 6) is 0.696. The van der Waals surface area contributed by atoms with Crippen molar-refractivity contribution in [1.82, 2.24) is 0 Å². The highest BCUT2D eigenvalue weighted by molar-refractivity contribution is 7.79.